The molecular weight excluding hydrogens is 240 g/mol. The van der Waals surface area contributed by atoms with Gasteiger partial charge in [-0.2, -0.15) is 8.42 Å². The van der Waals surface area contributed by atoms with Crippen LogP contribution in [-0.2, 0) is 10.1 Å². The van der Waals surface area contributed by atoms with Crippen LogP contribution >= 0.6 is 0 Å². The molecule has 0 amide bonds. The molecule has 0 fully saturated rings. The van der Waals surface area contributed by atoms with Crippen molar-refractivity contribution in [2.75, 3.05) is 0 Å². The van der Waals surface area contributed by atoms with Gasteiger partial charge in [0.2, 0.25) is 0 Å². The zero-order valence-electron chi connectivity index (χ0n) is 8.78. The molecule has 88 valence electrons. The molecule has 4 nitrogen and oxygen atoms in total. The van der Waals surface area contributed by atoms with E-state index in [0.717, 1.165) is 0 Å². The number of rotatable bonds is 3. The number of phenols is 1. The molecule has 17 heavy (non-hydrogen) atoms. The molecule has 0 aliphatic heterocycles. The van der Waals surface area contributed by atoms with Crippen molar-refractivity contribution in [3.8, 4) is 11.5 Å². The second-order valence-electron chi connectivity index (χ2n) is 3.35. The van der Waals surface area contributed by atoms with Crippen LogP contribution < -0.4 is 4.18 Å². The first-order valence-electron chi connectivity index (χ1n) is 4.86. The third kappa shape index (κ3) is 2.76. The van der Waals surface area contributed by atoms with Crippen LogP contribution in [0.15, 0.2) is 59.5 Å². The van der Waals surface area contributed by atoms with E-state index in [1.165, 1.54) is 36.4 Å². The normalized spacial score (nSPS) is 11.1. The molecule has 0 aliphatic carbocycles. The first-order chi connectivity index (χ1) is 8.08. The van der Waals surface area contributed by atoms with Gasteiger partial charge in [0.1, 0.15) is 16.4 Å². The minimum atomic E-state index is -3.84. The molecule has 0 aliphatic rings. The van der Waals surface area contributed by atoms with E-state index in [-0.39, 0.29) is 16.4 Å². The maximum absolute atomic E-state index is 11.8. The maximum Gasteiger partial charge on any atom is 0.339 e. The van der Waals surface area contributed by atoms with E-state index >= 15 is 0 Å². The lowest BCUT2D eigenvalue weighted by Gasteiger charge is -2.06. The summed E-state index contributed by atoms with van der Waals surface area (Å²) in [4.78, 5) is 0.0725. The van der Waals surface area contributed by atoms with Gasteiger partial charge in [0.25, 0.3) is 0 Å². The Bertz CT molecular complexity index is 605. The minimum absolute atomic E-state index is 0.0502. The molecule has 2 aromatic carbocycles. The van der Waals surface area contributed by atoms with Gasteiger partial charge in [-0.1, -0.05) is 24.3 Å². The minimum Gasteiger partial charge on any atom is -0.508 e. The number of hydrogen-bond acceptors (Lipinski definition) is 4. The number of hydrogen-bond donors (Lipinski definition) is 1. The fourth-order valence-corrected chi connectivity index (χ4v) is 2.24. The van der Waals surface area contributed by atoms with Crippen LogP contribution in [0.2, 0.25) is 0 Å². The van der Waals surface area contributed by atoms with Crippen LogP contribution in [0.3, 0.4) is 0 Å². The molecule has 0 radical (unpaired) electrons. The fourth-order valence-electron chi connectivity index (χ4n) is 1.30. The monoisotopic (exact) mass is 250 g/mol. The Labute approximate surface area is 99.2 Å². The summed E-state index contributed by atoms with van der Waals surface area (Å²) in [6, 6.07) is 13.5. The van der Waals surface area contributed by atoms with Gasteiger partial charge in [0, 0.05) is 6.07 Å². The van der Waals surface area contributed by atoms with Crippen LogP contribution in [-0.4, -0.2) is 13.5 Å². The second-order valence-corrected chi connectivity index (χ2v) is 4.89. The number of phenolic OH excluding ortho intramolecular Hbond substituents is 1. The van der Waals surface area contributed by atoms with Gasteiger partial charge in [-0.05, 0) is 24.3 Å². The molecule has 2 aromatic rings. The Morgan fingerprint density at radius 3 is 2.29 bits per heavy atom. The van der Waals surface area contributed by atoms with Gasteiger partial charge in [-0.3, -0.25) is 0 Å². The van der Waals surface area contributed by atoms with Gasteiger partial charge in [-0.15, -0.1) is 0 Å². The van der Waals surface area contributed by atoms with E-state index in [4.69, 9.17) is 4.18 Å². The zero-order chi connectivity index (χ0) is 12.3. The predicted molar refractivity (Wildman–Crippen MR) is 62.4 cm³/mol. The Kier molecular flexibility index (Phi) is 3.01. The van der Waals surface area contributed by atoms with Crippen LogP contribution in [0.25, 0.3) is 0 Å². The molecule has 0 spiro atoms. The molecule has 0 bridgehead atoms. The van der Waals surface area contributed by atoms with E-state index in [1.807, 2.05) is 0 Å². The van der Waals surface area contributed by atoms with Crippen molar-refractivity contribution in [1.82, 2.24) is 0 Å². The smallest absolute Gasteiger partial charge is 0.339 e. The van der Waals surface area contributed by atoms with Gasteiger partial charge in [0.15, 0.2) is 0 Å². The second kappa shape index (κ2) is 4.47. The van der Waals surface area contributed by atoms with Gasteiger partial charge in [-0.25, -0.2) is 0 Å². The number of aromatic hydroxyl groups is 1. The number of benzene rings is 2. The molecule has 5 heteroatoms. The molecular formula is C12H10O4S. The quantitative estimate of drug-likeness (QED) is 0.848. The lowest BCUT2D eigenvalue weighted by molar-refractivity contribution is 0.463. The fraction of sp³-hybridized carbons (Fsp3) is 0. The van der Waals surface area contributed by atoms with E-state index < -0.39 is 10.1 Å². The van der Waals surface area contributed by atoms with Crippen LogP contribution in [0, 0.1) is 0 Å². The van der Waals surface area contributed by atoms with Crippen molar-refractivity contribution in [3.63, 3.8) is 0 Å². The average Bonchev–Trinajstić information content (AvgIpc) is 2.29. The van der Waals surface area contributed by atoms with Crippen molar-refractivity contribution in [2.24, 2.45) is 0 Å². The Morgan fingerprint density at radius 1 is 0.941 bits per heavy atom. The van der Waals surface area contributed by atoms with Crippen LogP contribution in [0.1, 0.15) is 0 Å². The van der Waals surface area contributed by atoms with Crippen molar-refractivity contribution in [2.45, 2.75) is 4.90 Å². The van der Waals surface area contributed by atoms with E-state index in [0.29, 0.717) is 0 Å². The Balaban J connectivity index is 2.30. The third-order valence-corrected chi connectivity index (χ3v) is 3.32. The third-order valence-electron chi connectivity index (χ3n) is 2.06. The highest BCUT2D eigenvalue weighted by molar-refractivity contribution is 7.87. The highest BCUT2D eigenvalue weighted by atomic mass is 32.2. The maximum atomic E-state index is 11.8. The van der Waals surface area contributed by atoms with Crippen molar-refractivity contribution < 1.29 is 17.7 Å². The topological polar surface area (TPSA) is 63.6 Å². The van der Waals surface area contributed by atoms with Gasteiger partial charge in [0.05, 0.1) is 0 Å². The summed E-state index contributed by atoms with van der Waals surface area (Å²) in [7, 11) is -3.84. The summed E-state index contributed by atoms with van der Waals surface area (Å²) in [6.45, 7) is 0. The van der Waals surface area contributed by atoms with Gasteiger partial charge < -0.3 is 9.29 Å². The molecule has 0 atom stereocenters. The first kappa shape index (κ1) is 11.5. The van der Waals surface area contributed by atoms with Crippen LogP contribution in [0.4, 0.5) is 0 Å². The molecule has 0 unspecified atom stereocenters. The van der Waals surface area contributed by atoms with Crippen LogP contribution in [0.5, 0.6) is 11.5 Å². The summed E-state index contributed by atoms with van der Waals surface area (Å²) in [6.07, 6.45) is 0. The van der Waals surface area contributed by atoms with E-state index in [9.17, 15) is 13.5 Å². The SMILES string of the molecule is O=S(=O)(Oc1cccc(O)c1)c1ccccc1. The average molecular weight is 250 g/mol. The molecule has 2 rings (SSSR count). The summed E-state index contributed by atoms with van der Waals surface area (Å²) in [5.74, 6) is 0.0274. The lowest BCUT2D eigenvalue weighted by Crippen LogP contribution is -2.09. The Morgan fingerprint density at radius 2 is 1.65 bits per heavy atom. The molecule has 1 N–H and O–H groups in total. The molecule has 0 saturated carbocycles. The Hall–Kier alpha value is -2.01. The lowest BCUT2D eigenvalue weighted by atomic mass is 10.3. The van der Waals surface area contributed by atoms with Crippen molar-refractivity contribution in [3.05, 3.63) is 54.6 Å². The highest BCUT2D eigenvalue weighted by Crippen LogP contribution is 2.22. The highest BCUT2D eigenvalue weighted by Gasteiger charge is 2.15. The molecule has 0 heterocycles. The predicted octanol–water partition coefficient (Wildman–Crippen LogP) is 2.16. The van der Waals surface area contributed by atoms with Crippen molar-refractivity contribution in [1.29, 1.82) is 0 Å². The largest absolute Gasteiger partial charge is 0.508 e. The summed E-state index contributed by atoms with van der Waals surface area (Å²) >= 11 is 0. The zero-order valence-corrected chi connectivity index (χ0v) is 9.59. The summed E-state index contributed by atoms with van der Waals surface area (Å²) < 4.78 is 28.5. The van der Waals surface area contributed by atoms with E-state index in [2.05, 4.69) is 0 Å². The summed E-state index contributed by atoms with van der Waals surface area (Å²) in [5.41, 5.74) is 0. The van der Waals surface area contributed by atoms with Gasteiger partial charge >= 0.3 is 10.1 Å². The standard InChI is InChI=1S/C12H10O4S/c13-10-5-4-6-11(9-10)16-17(14,15)12-7-2-1-3-8-12/h1-9,13H. The summed E-state index contributed by atoms with van der Waals surface area (Å²) in [5, 5.41) is 9.21. The molecule has 0 aromatic heterocycles. The molecule has 0 saturated heterocycles. The van der Waals surface area contributed by atoms with Crippen molar-refractivity contribution >= 4 is 10.1 Å². The van der Waals surface area contributed by atoms with E-state index in [1.54, 1.807) is 18.2 Å². The first-order valence-corrected chi connectivity index (χ1v) is 6.27.